The molecule has 0 spiro atoms. The van der Waals surface area contributed by atoms with Gasteiger partial charge < -0.3 is 15.1 Å². The first-order valence-corrected chi connectivity index (χ1v) is 10.8. The number of rotatable bonds is 4. The zero-order chi connectivity index (χ0) is 20.1. The molecule has 4 rings (SSSR count). The monoisotopic (exact) mass is 394 g/mol. The second kappa shape index (κ2) is 9.20. The highest BCUT2D eigenvalue weighted by Crippen LogP contribution is 2.20. The summed E-state index contributed by atoms with van der Waals surface area (Å²) in [5, 5.41) is 3.48. The van der Waals surface area contributed by atoms with Crippen molar-refractivity contribution in [2.45, 2.75) is 51.5 Å². The molecule has 0 aromatic carbocycles. The zero-order valence-electron chi connectivity index (χ0n) is 17.2. The number of aryl methyl sites for hydroxylation is 1. The summed E-state index contributed by atoms with van der Waals surface area (Å²) in [5.41, 5.74) is 1.31. The zero-order valence-corrected chi connectivity index (χ0v) is 17.2. The SMILES string of the molecule is Cc1cc(C(=O)N2CCN(c3ccccn3)CC2)nc(NC2CCCCCC2)n1. The molecule has 29 heavy (non-hydrogen) atoms. The first-order chi connectivity index (χ1) is 14.2. The average molecular weight is 395 g/mol. The van der Waals surface area contributed by atoms with Crippen LogP contribution in [0.5, 0.6) is 0 Å². The fourth-order valence-electron chi connectivity index (χ4n) is 4.19. The Morgan fingerprint density at radius 3 is 2.48 bits per heavy atom. The second-order valence-corrected chi connectivity index (χ2v) is 8.02. The number of anilines is 2. The molecule has 1 aliphatic heterocycles. The Hall–Kier alpha value is -2.70. The van der Waals surface area contributed by atoms with E-state index in [1.165, 1.54) is 25.7 Å². The van der Waals surface area contributed by atoms with Crippen LogP contribution in [0.25, 0.3) is 0 Å². The molecule has 2 aromatic rings. The fourth-order valence-corrected chi connectivity index (χ4v) is 4.19. The molecule has 7 heteroatoms. The maximum Gasteiger partial charge on any atom is 0.272 e. The van der Waals surface area contributed by atoms with E-state index in [-0.39, 0.29) is 5.91 Å². The third kappa shape index (κ3) is 5.02. The lowest BCUT2D eigenvalue weighted by atomic mass is 10.1. The van der Waals surface area contributed by atoms with E-state index in [9.17, 15) is 4.79 Å². The van der Waals surface area contributed by atoms with Gasteiger partial charge in [-0.3, -0.25) is 4.79 Å². The number of nitrogens with one attached hydrogen (secondary N) is 1. The Labute approximate surface area is 172 Å². The summed E-state index contributed by atoms with van der Waals surface area (Å²) in [4.78, 5) is 30.7. The normalized spacial score (nSPS) is 18.4. The van der Waals surface area contributed by atoms with E-state index in [2.05, 4.69) is 25.2 Å². The van der Waals surface area contributed by atoms with E-state index in [0.29, 0.717) is 30.8 Å². The topological polar surface area (TPSA) is 74.2 Å². The molecule has 2 fully saturated rings. The summed E-state index contributed by atoms with van der Waals surface area (Å²) in [5.74, 6) is 1.54. The molecular weight excluding hydrogens is 364 g/mol. The van der Waals surface area contributed by atoms with Gasteiger partial charge in [0.25, 0.3) is 5.91 Å². The maximum absolute atomic E-state index is 13.1. The molecule has 3 heterocycles. The lowest BCUT2D eigenvalue weighted by Crippen LogP contribution is -2.49. The second-order valence-electron chi connectivity index (χ2n) is 8.02. The van der Waals surface area contributed by atoms with E-state index in [4.69, 9.17) is 0 Å². The van der Waals surface area contributed by atoms with Crippen LogP contribution < -0.4 is 10.2 Å². The Morgan fingerprint density at radius 1 is 1.03 bits per heavy atom. The highest BCUT2D eigenvalue weighted by Gasteiger charge is 2.24. The summed E-state index contributed by atoms with van der Waals surface area (Å²) in [6, 6.07) is 8.13. The Bertz CT molecular complexity index is 811. The van der Waals surface area contributed by atoms with Gasteiger partial charge in [0.15, 0.2) is 0 Å². The van der Waals surface area contributed by atoms with E-state index in [1.807, 2.05) is 30.0 Å². The summed E-state index contributed by atoms with van der Waals surface area (Å²) in [6.45, 7) is 4.82. The quantitative estimate of drug-likeness (QED) is 0.802. The van der Waals surface area contributed by atoms with Gasteiger partial charge in [-0.25, -0.2) is 15.0 Å². The standard InChI is InChI=1S/C22H30N6O/c1-17-16-19(26-22(24-17)25-18-8-4-2-3-5-9-18)21(29)28-14-12-27(13-15-28)20-10-6-7-11-23-20/h6-7,10-11,16,18H,2-5,8-9,12-15H2,1H3,(H,24,25,26). The van der Waals surface area contributed by atoms with Crippen LogP contribution in [0.1, 0.15) is 54.7 Å². The molecule has 1 saturated heterocycles. The summed E-state index contributed by atoms with van der Waals surface area (Å²) >= 11 is 0. The molecule has 0 atom stereocenters. The number of aromatic nitrogens is 3. The molecular formula is C22H30N6O. The van der Waals surface area contributed by atoms with Gasteiger partial charge in [-0.2, -0.15) is 0 Å². The van der Waals surface area contributed by atoms with Crippen LogP contribution in [0.4, 0.5) is 11.8 Å². The van der Waals surface area contributed by atoms with Crippen LogP contribution in [-0.2, 0) is 0 Å². The van der Waals surface area contributed by atoms with Crippen molar-refractivity contribution in [3.05, 3.63) is 41.9 Å². The van der Waals surface area contributed by atoms with Crippen molar-refractivity contribution >= 4 is 17.7 Å². The number of carbonyl (C=O) groups excluding carboxylic acids is 1. The van der Waals surface area contributed by atoms with E-state index >= 15 is 0 Å². The Balaban J connectivity index is 1.40. The van der Waals surface area contributed by atoms with Crippen molar-refractivity contribution in [3.63, 3.8) is 0 Å². The summed E-state index contributed by atoms with van der Waals surface area (Å²) < 4.78 is 0. The number of piperazine rings is 1. The number of pyridine rings is 1. The first kappa shape index (κ1) is 19.6. The Kier molecular flexibility index (Phi) is 6.22. The van der Waals surface area contributed by atoms with Gasteiger partial charge in [0.2, 0.25) is 5.95 Å². The summed E-state index contributed by atoms with van der Waals surface area (Å²) in [7, 11) is 0. The first-order valence-electron chi connectivity index (χ1n) is 10.8. The van der Waals surface area contributed by atoms with E-state index in [0.717, 1.165) is 37.4 Å². The van der Waals surface area contributed by atoms with Crippen LogP contribution in [0, 0.1) is 6.92 Å². The van der Waals surface area contributed by atoms with Crippen LogP contribution in [0.2, 0.25) is 0 Å². The van der Waals surface area contributed by atoms with Gasteiger partial charge >= 0.3 is 0 Å². The molecule has 2 aliphatic rings. The van der Waals surface area contributed by atoms with Crippen LogP contribution in [0.3, 0.4) is 0 Å². The number of carbonyl (C=O) groups is 1. The maximum atomic E-state index is 13.1. The van der Waals surface area contributed by atoms with Crippen LogP contribution >= 0.6 is 0 Å². The van der Waals surface area contributed by atoms with Gasteiger partial charge in [-0.15, -0.1) is 0 Å². The van der Waals surface area contributed by atoms with Crippen molar-refractivity contribution in [2.75, 3.05) is 36.4 Å². The minimum atomic E-state index is -0.0138. The van der Waals surface area contributed by atoms with Crippen molar-refractivity contribution in [2.24, 2.45) is 0 Å². The molecule has 2 aromatic heterocycles. The highest BCUT2D eigenvalue weighted by atomic mass is 16.2. The van der Waals surface area contributed by atoms with Gasteiger partial charge in [0, 0.05) is 44.1 Å². The van der Waals surface area contributed by atoms with Crippen molar-refractivity contribution < 1.29 is 4.79 Å². The molecule has 1 amide bonds. The Morgan fingerprint density at radius 2 is 1.79 bits per heavy atom. The molecule has 0 bridgehead atoms. The molecule has 0 unspecified atom stereocenters. The van der Waals surface area contributed by atoms with Gasteiger partial charge in [0.05, 0.1) is 0 Å². The molecule has 7 nitrogen and oxygen atoms in total. The van der Waals surface area contributed by atoms with Crippen molar-refractivity contribution in [1.82, 2.24) is 19.9 Å². The molecule has 1 aliphatic carbocycles. The molecule has 154 valence electrons. The third-order valence-electron chi connectivity index (χ3n) is 5.80. The lowest BCUT2D eigenvalue weighted by Gasteiger charge is -2.35. The number of hydrogen-bond donors (Lipinski definition) is 1. The van der Waals surface area contributed by atoms with Crippen molar-refractivity contribution in [3.8, 4) is 0 Å². The molecule has 0 radical (unpaired) electrons. The van der Waals surface area contributed by atoms with Gasteiger partial charge in [-0.05, 0) is 38.0 Å². The van der Waals surface area contributed by atoms with Gasteiger partial charge in [-0.1, -0.05) is 31.7 Å². The smallest absolute Gasteiger partial charge is 0.272 e. The molecule has 1 saturated carbocycles. The van der Waals surface area contributed by atoms with Crippen LogP contribution in [0.15, 0.2) is 30.5 Å². The summed E-state index contributed by atoms with van der Waals surface area (Å²) in [6.07, 6.45) is 9.21. The average Bonchev–Trinajstić information content (AvgIpc) is 3.02. The van der Waals surface area contributed by atoms with E-state index < -0.39 is 0 Å². The fraction of sp³-hybridized carbons (Fsp3) is 0.545. The predicted molar refractivity (Wildman–Crippen MR) is 114 cm³/mol. The molecule has 1 N–H and O–H groups in total. The minimum Gasteiger partial charge on any atom is -0.353 e. The third-order valence-corrected chi connectivity index (χ3v) is 5.80. The van der Waals surface area contributed by atoms with Crippen LogP contribution in [-0.4, -0.2) is 58.0 Å². The minimum absolute atomic E-state index is 0.0138. The number of hydrogen-bond acceptors (Lipinski definition) is 6. The lowest BCUT2D eigenvalue weighted by molar-refractivity contribution is 0.0740. The van der Waals surface area contributed by atoms with Gasteiger partial charge in [0.1, 0.15) is 11.5 Å². The number of nitrogens with zero attached hydrogens (tertiary/aromatic N) is 5. The largest absolute Gasteiger partial charge is 0.353 e. The highest BCUT2D eigenvalue weighted by molar-refractivity contribution is 5.92. The van der Waals surface area contributed by atoms with Crippen molar-refractivity contribution in [1.29, 1.82) is 0 Å². The van der Waals surface area contributed by atoms with E-state index in [1.54, 1.807) is 12.3 Å². The number of amides is 1. The predicted octanol–water partition coefficient (Wildman–Crippen LogP) is 3.28.